The van der Waals surface area contributed by atoms with Gasteiger partial charge in [-0.3, -0.25) is 0 Å². The van der Waals surface area contributed by atoms with E-state index in [2.05, 4.69) is 6.07 Å². The highest BCUT2D eigenvalue weighted by atomic mass is 19.1. The number of hydrogen-bond donors (Lipinski definition) is 0. The molecule has 0 N–H and O–H groups in total. The van der Waals surface area contributed by atoms with Crippen LogP contribution < -0.4 is 4.74 Å². The van der Waals surface area contributed by atoms with E-state index in [0.717, 1.165) is 11.1 Å². The largest absolute Gasteiger partial charge is 0.488 e. The Morgan fingerprint density at radius 1 is 1.05 bits per heavy atom. The second-order valence-corrected chi connectivity index (χ2v) is 4.75. The molecule has 0 bridgehead atoms. The summed E-state index contributed by atoms with van der Waals surface area (Å²) in [5.41, 5.74) is 3.13. The number of nitrogens with zero attached hydrogens (tertiary/aromatic N) is 2. The molecule has 21 heavy (non-hydrogen) atoms. The van der Waals surface area contributed by atoms with Crippen molar-refractivity contribution >= 4 is 0 Å². The van der Waals surface area contributed by atoms with Gasteiger partial charge in [0, 0.05) is 5.56 Å². The van der Waals surface area contributed by atoms with E-state index in [-0.39, 0.29) is 6.61 Å². The molecule has 0 unspecified atom stereocenters. The number of hydrogen-bond acceptors (Lipinski definition) is 3. The number of rotatable bonds is 3. The van der Waals surface area contributed by atoms with E-state index in [4.69, 9.17) is 15.3 Å². The van der Waals surface area contributed by atoms with Crippen LogP contribution in [-0.4, -0.2) is 0 Å². The number of benzene rings is 2. The minimum absolute atomic E-state index is 0.105. The summed E-state index contributed by atoms with van der Waals surface area (Å²) in [5, 5.41) is 17.9. The van der Waals surface area contributed by atoms with Crippen molar-refractivity contribution < 1.29 is 9.13 Å². The van der Waals surface area contributed by atoms with Crippen LogP contribution in [0.5, 0.6) is 5.75 Å². The van der Waals surface area contributed by atoms with E-state index >= 15 is 0 Å². The normalized spacial score (nSPS) is 9.76. The monoisotopic (exact) mass is 280 g/mol. The van der Waals surface area contributed by atoms with Crippen LogP contribution in [0.2, 0.25) is 0 Å². The van der Waals surface area contributed by atoms with Gasteiger partial charge in [-0.1, -0.05) is 0 Å². The van der Waals surface area contributed by atoms with Crippen molar-refractivity contribution in [2.24, 2.45) is 0 Å². The van der Waals surface area contributed by atoms with Crippen LogP contribution in [0.4, 0.5) is 4.39 Å². The van der Waals surface area contributed by atoms with E-state index in [0.29, 0.717) is 22.4 Å². The molecular formula is C17H13FN2O. The van der Waals surface area contributed by atoms with E-state index in [1.165, 1.54) is 18.2 Å². The Labute approximate surface area is 122 Å². The smallest absolute Gasteiger partial charge is 0.125 e. The Hall–Kier alpha value is -2.85. The Bertz CT molecular complexity index is 746. The van der Waals surface area contributed by atoms with Crippen molar-refractivity contribution in [3.63, 3.8) is 0 Å². The maximum Gasteiger partial charge on any atom is 0.125 e. The molecule has 0 saturated carbocycles. The van der Waals surface area contributed by atoms with Crippen LogP contribution >= 0.6 is 0 Å². The Balaban J connectivity index is 2.28. The lowest BCUT2D eigenvalue weighted by atomic mass is 10.1. The Morgan fingerprint density at radius 3 is 2.29 bits per heavy atom. The van der Waals surface area contributed by atoms with Crippen LogP contribution in [0.1, 0.15) is 27.8 Å². The molecule has 0 saturated heterocycles. The lowest BCUT2D eigenvalue weighted by Crippen LogP contribution is -2.02. The molecule has 2 rings (SSSR count). The average Bonchev–Trinajstić information content (AvgIpc) is 2.46. The molecule has 0 aromatic heterocycles. The average molecular weight is 280 g/mol. The molecule has 0 aliphatic heterocycles. The summed E-state index contributed by atoms with van der Waals surface area (Å²) in [5.74, 6) is 0.253. The zero-order chi connectivity index (χ0) is 15.4. The second kappa shape index (κ2) is 6.07. The van der Waals surface area contributed by atoms with Crippen molar-refractivity contribution in [1.29, 1.82) is 10.5 Å². The summed E-state index contributed by atoms with van der Waals surface area (Å²) in [4.78, 5) is 0. The van der Waals surface area contributed by atoms with Crippen LogP contribution in [0.3, 0.4) is 0 Å². The van der Waals surface area contributed by atoms with Gasteiger partial charge >= 0.3 is 0 Å². The molecule has 0 spiro atoms. The maximum absolute atomic E-state index is 13.3. The number of nitriles is 2. The highest BCUT2D eigenvalue weighted by Gasteiger charge is 2.09. The molecule has 0 aliphatic carbocycles. The molecule has 2 aromatic rings. The van der Waals surface area contributed by atoms with Gasteiger partial charge in [-0.2, -0.15) is 10.5 Å². The van der Waals surface area contributed by atoms with Gasteiger partial charge in [0.05, 0.1) is 23.3 Å². The maximum atomic E-state index is 13.3. The summed E-state index contributed by atoms with van der Waals surface area (Å²) >= 11 is 0. The summed E-state index contributed by atoms with van der Waals surface area (Å²) in [6.45, 7) is 3.80. The lowest BCUT2D eigenvalue weighted by Gasteiger charge is -2.13. The highest BCUT2D eigenvalue weighted by molar-refractivity contribution is 5.47. The third-order valence-electron chi connectivity index (χ3n) is 3.15. The quantitative estimate of drug-likeness (QED) is 0.860. The first-order chi connectivity index (χ1) is 10.0. The topological polar surface area (TPSA) is 56.8 Å². The molecule has 0 heterocycles. The van der Waals surface area contributed by atoms with Crippen molar-refractivity contribution in [2.45, 2.75) is 20.5 Å². The number of ether oxygens (including phenoxy) is 1. The Morgan fingerprint density at radius 2 is 1.71 bits per heavy atom. The van der Waals surface area contributed by atoms with Crippen molar-refractivity contribution in [1.82, 2.24) is 0 Å². The van der Waals surface area contributed by atoms with Crippen molar-refractivity contribution in [3.8, 4) is 17.9 Å². The van der Waals surface area contributed by atoms with E-state index < -0.39 is 5.82 Å². The lowest BCUT2D eigenvalue weighted by molar-refractivity contribution is 0.301. The van der Waals surface area contributed by atoms with Gasteiger partial charge in [0.25, 0.3) is 0 Å². The summed E-state index contributed by atoms with van der Waals surface area (Å²) in [7, 11) is 0. The van der Waals surface area contributed by atoms with Crippen molar-refractivity contribution in [3.05, 3.63) is 64.0 Å². The molecular weight excluding hydrogens is 267 g/mol. The Kier molecular flexibility index (Phi) is 4.21. The van der Waals surface area contributed by atoms with E-state index in [1.54, 1.807) is 12.1 Å². The molecule has 0 amide bonds. The molecule has 2 aromatic carbocycles. The van der Waals surface area contributed by atoms with Gasteiger partial charge in [-0.25, -0.2) is 4.39 Å². The summed E-state index contributed by atoms with van der Waals surface area (Å²) < 4.78 is 19.0. The standard InChI is InChI=1S/C17H13FN2O/c1-11-5-13(8-19)6-12(2)17(11)21-10-15-7-16(18)4-3-14(15)9-20/h3-7H,10H2,1-2H3. The van der Waals surface area contributed by atoms with Gasteiger partial charge in [0.1, 0.15) is 18.2 Å². The van der Waals surface area contributed by atoms with E-state index in [9.17, 15) is 4.39 Å². The molecule has 0 atom stereocenters. The van der Waals surface area contributed by atoms with Gasteiger partial charge in [-0.15, -0.1) is 0 Å². The molecule has 3 nitrogen and oxygen atoms in total. The molecule has 0 fully saturated rings. The first kappa shape index (κ1) is 14.6. The predicted molar refractivity (Wildman–Crippen MR) is 76.1 cm³/mol. The summed E-state index contributed by atoms with van der Waals surface area (Å²) in [6, 6.07) is 11.6. The summed E-state index contributed by atoms with van der Waals surface area (Å²) in [6.07, 6.45) is 0. The fraction of sp³-hybridized carbons (Fsp3) is 0.176. The van der Waals surface area contributed by atoms with Crippen LogP contribution in [0, 0.1) is 42.3 Å². The predicted octanol–water partition coefficient (Wildman–Crippen LogP) is 3.76. The molecule has 0 radical (unpaired) electrons. The minimum atomic E-state index is -0.402. The molecule has 0 aliphatic rings. The zero-order valence-corrected chi connectivity index (χ0v) is 11.8. The van der Waals surface area contributed by atoms with Crippen LogP contribution in [0.15, 0.2) is 30.3 Å². The fourth-order valence-electron chi connectivity index (χ4n) is 2.18. The minimum Gasteiger partial charge on any atom is -0.488 e. The third-order valence-corrected chi connectivity index (χ3v) is 3.15. The van der Waals surface area contributed by atoms with Gasteiger partial charge in [0.2, 0.25) is 0 Å². The van der Waals surface area contributed by atoms with Crippen molar-refractivity contribution in [2.75, 3.05) is 0 Å². The van der Waals surface area contributed by atoms with Crippen LogP contribution in [0.25, 0.3) is 0 Å². The number of halogens is 1. The van der Waals surface area contributed by atoms with Crippen LogP contribution in [-0.2, 0) is 6.61 Å². The van der Waals surface area contributed by atoms with E-state index in [1.807, 2.05) is 19.9 Å². The third kappa shape index (κ3) is 3.19. The zero-order valence-electron chi connectivity index (χ0n) is 11.8. The first-order valence-corrected chi connectivity index (χ1v) is 6.38. The van der Waals surface area contributed by atoms with Gasteiger partial charge < -0.3 is 4.74 Å². The molecule has 104 valence electrons. The highest BCUT2D eigenvalue weighted by Crippen LogP contribution is 2.26. The number of aryl methyl sites for hydroxylation is 2. The fourth-order valence-corrected chi connectivity index (χ4v) is 2.18. The SMILES string of the molecule is Cc1cc(C#N)cc(C)c1OCc1cc(F)ccc1C#N. The van der Waals surface area contributed by atoms with Gasteiger partial charge in [0.15, 0.2) is 0 Å². The second-order valence-electron chi connectivity index (χ2n) is 4.75. The van der Waals surface area contributed by atoms with Gasteiger partial charge in [-0.05, 0) is 55.3 Å². The molecule has 4 heteroatoms. The first-order valence-electron chi connectivity index (χ1n) is 6.38.